The molecular weight excluding hydrogens is 1860 g/mol. The van der Waals surface area contributed by atoms with Crippen molar-refractivity contribution >= 4 is 154 Å². The summed E-state index contributed by atoms with van der Waals surface area (Å²) in [6, 6.07) is -3.52. The minimum absolute atomic E-state index is 0. The summed E-state index contributed by atoms with van der Waals surface area (Å²) in [7, 11) is -7.53. The normalized spacial score (nSPS) is 37.1. The van der Waals surface area contributed by atoms with E-state index in [-0.39, 0.29) is 68.5 Å². The molecule has 49 nitrogen and oxygen atoms in total. The molecule has 22 N–H and O–H groups in total. The molecule has 0 aliphatic carbocycles. The fourth-order valence-corrected chi connectivity index (χ4v) is 18.8. The van der Waals surface area contributed by atoms with E-state index in [1.165, 1.54) is 14.0 Å². The van der Waals surface area contributed by atoms with Crippen LogP contribution in [-0.2, 0) is 124 Å². The molecule has 0 aromatic rings. The summed E-state index contributed by atoms with van der Waals surface area (Å²) in [6.07, 6.45) is -19.7. The fourth-order valence-electron chi connectivity index (χ4n) is 9.32. The molecule has 0 saturated carbocycles. The van der Waals surface area contributed by atoms with Gasteiger partial charge in [-0.3, -0.25) is 27.2 Å². The van der Waals surface area contributed by atoms with Crippen LogP contribution < -0.4 is 0 Å². The molecule has 7 fully saturated rings. The fraction of sp³-hybridized carbons (Fsp3) is 1.00. The molecule has 7 aliphatic rings. The predicted octanol–water partition coefficient (Wildman–Crippen LogP) is -4.27. The molecule has 7 rings (SSSR count). The number of ether oxygens (including phenoxy) is 8. The summed E-state index contributed by atoms with van der Waals surface area (Å²) in [5.41, 5.74) is 0. The number of phosphoric acid groups is 7. The molecule has 0 spiro atoms. The molecule has 12 radical (unpaired) electrons. The van der Waals surface area contributed by atoms with E-state index < -0.39 is 230 Å². The van der Waals surface area contributed by atoms with E-state index in [9.17, 15) is 86.1 Å². The number of rotatable bonds is 28. The van der Waals surface area contributed by atoms with Gasteiger partial charge in [-0.15, -0.1) is 0 Å². The molecule has 7 heterocycles. The van der Waals surface area contributed by atoms with Gasteiger partial charge in [0.1, 0.15) is 91.3 Å². The zero-order valence-electron chi connectivity index (χ0n) is 59.1. The summed E-state index contributed by atoms with van der Waals surface area (Å²) in [5, 5.41) is 66.5. The maximum Gasteiger partial charge on any atom is 0.476 e. The van der Waals surface area contributed by atoms with Gasteiger partial charge in [-0.25, -0.2) is 40.4 Å². The molecule has 7 aliphatic heterocycles. The van der Waals surface area contributed by atoms with E-state index >= 15 is 0 Å². The SMILES string of the molecule is C.C[C@@H]1C(O)[C@@H](COP(=O)(O)O)O[C@H]1Br.C[C@@H]1O[C@H](COP(=O)(O)O)C(O)[C@H]1F.[B][C@@H]1O[C@H](COP(=O)(O)O)C(O)[C@H]1C.[B][C@@H]1O[C@H](COP(=O)(O)O)C(O)[C@H]1OC.[B][C@@H]1O[C@H](COP(C)(=O)OP(=O)(O)O)C(O)[C@H]1C.[B][C@@H]1O[C@H](COP(O)(=[Se])OP(=O)(O)O)C(O)[C@H]1C.[B][C@@H]1O[C@H](COP([B])(=O)OP(=O)(O)O)C(O)[C@H]1C. The van der Waals surface area contributed by atoms with Gasteiger partial charge in [-0.05, 0) is 6.92 Å². The zero-order valence-corrected chi connectivity index (χ0v) is 71.3. The molecule has 0 bridgehead atoms. The van der Waals surface area contributed by atoms with Crippen molar-refractivity contribution in [3.8, 4) is 0 Å². The number of phosphoric ester groups is 4. The van der Waals surface area contributed by atoms with Crippen LogP contribution in [0.2, 0.25) is 0 Å². The number of methoxy groups -OCH3 is 1. The van der Waals surface area contributed by atoms with Crippen LogP contribution in [0.5, 0.6) is 0 Å². The van der Waals surface area contributed by atoms with Crippen LogP contribution in [0.3, 0.4) is 0 Å². The van der Waals surface area contributed by atoms with Crippen molar-refractivity contribution in [3.05, 3.63) is 0 Å². The van der Waals surface area contributed by atoms with Crippen LogP contribution in [-0.4, -0.2) is 370 Å². The number of hydrogen-bond donors (Lipinski definition) is 22. The second-order valence-corrected chi connectivity index (χ2v) is 42.5. The first kappa shape index (κ1) is 114. The second kappa shape index (κ2) is 48.6. The molecule has 10 unspecified atom stereocenters. The Morgan fingerprint density at radius 3 is 0.866 bits per heavy atom. The van der Waals surface area contributed by atoms with Gasteiger partial charge >= 0.3 is 167 Å². The average molecular weight is 1960 g/mol. The van der Waals surface area contributed by atoms with Gasteiger partial charge in [0.2, 0.25) is 7.57 Å². The Morgan fingerprint density at radius 2 is 0.625 bits per heavy atom. The third-order valence-corrected chi connectivity index (χ3v) is 27.5. The largest absolute Gasteiger partial charge is 0.476 e. The molecular formula is C44H92B6BrFO49P10Se. The Labute approximate surface area is 665 Å². The third-order valence-electron chi connectivity index (χ3n) is 15.5. The first-order valence-electron chi connectivity index (χ1n) is 31.1. The van der Waals surface area contributed by atoms with Crippen molar-refractivity contribution in [1.29, 1.82) is 0 Å². The van der Waals surface area contributed by atoms with Crippen molar-refractivity contribution < 1.29 is 237 Å². The topological polar surface area (TPSA) is 765 Å². The van der Waals surface area contributed by atoms with Crippen molar-refractivity contribution in [3.63, 3.8) is 0 Å². The van der Waals surface area contributed by atoms with E-state index in [0.717, 1.165) is 6.66 Å². The van der Waals surface area contributed by atoms with Crippen molar-refractivity contribution in [2.45, 2.75) is 188 Å². The van der Waals surface area contributed by atoms with Gasteiger partial charge < -0.3 is 132 Å². The zero-order chi connectivity index (χ0) is 86.8. The van der Waals surface area contributed by atoms with Gasteiger partial charge in [-0.1, -0.05) is 51.1 Å². The average Bonchev–Trinajstić information content (AvgIpc) is 1.68. The van der Waals surface area contributed by atoms with Crippen LogP contribution in [0.4, 0.5) is 4.39 Å². The van der Waals surface area contributed by atoms with Gasteiger partial charge in [-0.2, -0.15) is 0 Å². The van der Waals surface area contributed by atoms with Crippen molar-refractivity contribution in [2.24, 2.45) is 29.6 Å². The van der Waals surface area contributed by atoms with Crippen LogP contribution in [0.25, 0.3) is 0 Å². The van der Waals surface area contributed by atoms with E-state index in [0.29, 0.717) is 0 Å². The Morgan fingerprint density at radius 1 is 0.366 bits per heavy atom. The second-order valence-electron chi connectivity index (χ2n) is 24.5. The minimum atomic E-state index is -5.03. The Bertz CT molecular complexity index is 3030. The van der Waals surface area contributed by atoms with Crippen molar-refractivity contribution in [1.82, 2.24) is 0 Å². The van der Waals surface area contributed by atoms with E-state index in [2.05, 4.69) is 51.5 Å². The molecule has 0 aromatic carbocycles. The molecule has 68 heteroatoms. The van der Waals surface area contributed by atoms with Gasteiger partial charge in [0.25, 0.3) is 7.47 Å². The quantitative estimate of drug-likeness (QED) is 0.0200. The van der Waals surface area contributed by atoms with Crippen LogP contribution in [0.15, 0.2) is 0 Å². The van der Waals surface area contributed by atoms with Crippen molar-refractivity contribution in [2.75, 3.05) is 60.0 Å². The van der Waals surface area contributed by atoms with E-state index in [1.54, 1.807) is 34.6 Å². The summed E-state index contributed by atoms with van der Waals surface area (Å²) < 4.78 is 192. The molecule has 0 amide bonds. The number of halogens is 2. The molecule has 31 atom stereocenters. The van der Waals surface area contributed by atoms with Gasteiger partial charge in [0.05, 0.1) is 70.2 Å². The van der Waals surface area contributed by atoms with E-state index in [4.69, 9.17) is 162 Å². The standard InChI is InChI=1S/C7H15BO8P2.C6H12B2O8P2.C6H13BO8P2Se.C6H12BO7P.C6H12BO6P.C6H12BrO6P.C6H12FO6P.CH4/c1-4-6(9)5(15-7(4)8)3-14-17(2,10)16-18(11,12)13;1-3-5(9)4(15-6(3)7)2-14-17(8,10)16-18(11,12)13;1-3-5(8)4(14-6(3)7)2-13-17(12,18)15-16(9,10)11;1-12-5-4(8)3(14-6(5)7)2-13-15(9,10)11;2*1-3-5(8)4(13-6(3)7)2-12-14(9,10)11;1-3-5(7)6(8)4(13-3)2-12-14(9,10)11;/h4-7,9H,3H2,1-2H3,(H2,11,12,13);3-6,9H,2H2,1H3,(H2,11,12,13);3-6,8H,2H2,1H3,(H,12,18)(H2,9,10,11);3-6,8H,2H2,1H3,(H2,9,10,11);3*3-6,8H,2H2,1H3,(H2,9,10,11);1H4/t4-,5-,6?,7-,17?;2*3-,4-,5?,6-,17?;3-,4?,5-,6-;2*3-,4-,5?,6-;3-,4+,5-,6?;/m1111110./s1. The number of alkyl halides is 2. The Balaban J connectivity index is 0.00000129. The summed E-state index contributed by atoms with van der Waals surface area (Å²) in [5.74, 6) is -1.41. The number of aliphatic hydroxyl groups is 7. The van der Waals surface area contributed by atoms with Crippen LogP contribution in [0.1, 0.15) is 49.0 Å². The maximum atomic E-state index is 13.0. The Kier molecular flexibility index (Phi) is 49.6. The van der Waals surface area contributed by atoms with Crippen LogP contribution in [0, 0.1) is 29.6 Å². The molecule has 0 aromatic heterocycles. The first-order valence-corrected chi connectivity index (χ1v) is 50.1. The molecule has 650 valence electrons. The smallest absolute Gasteiger partial charge is 0.390 e. The molecule has 7 saturated heterocycles. The molecule has 112 heavy (non-hydrogen) atoms. The Hall–Kier alpha value is 2.22. The predicted molar refractivity (Wildman–Crippen MR) is 385 cm³/mol. The third kappa shape index (κ3) is 44.7. The van der Waals surface area contributed by atoms with Gasteiger partial charge in [0.15, 0.2) is 6.17 Å². The van der Waals surface area contributed by atoms with Gasteiger partial charge in [0, 0.05) is 61.5 Å². The van der Waals surface area contributed by atoms with Crippen LogP contribution >= 0.6 is 91.9 Å². The number of aliphatic hydroxyl groups excluding tert-OH is 7. The minimum Gasteiger partial charge on any atom is -0.390 e. The van der Waals surface area contributed by atoms with E-state index in [1.807, 2.05) is 15.1 Å². The summed E-state index contributed by atoms with van der Waals surface area (Å²) in [6.45, 7) is 8.00. The monoisotopic (exact) mass is 1960 g/mol. The number of hydrogen-bond acceptors (Lipinski definition) is 35. The summed E-state index contributed by atoms with van der Waals surface area (Å²) in [4.78, 5) is 128. The first-order chi connectivity index (χ1) is 49.8. The maximum absolute atomic E-state index is 13.0. The summed E-state index contributed by atoms with van der Waals surface area (Å²) >= 11 is 5.21.